The summed E-state index contributed by atoms with van der Waals surface area (Å²) in [7, 11) is 0. The lowest BCUT2D eigenvalue weighted by molar-refractivity contribution is -0.146. The summed E-state index contributed by atoms with van der Waals surface area (Å²) in [5.41, 5.74) is 7.06. The maximum absolute atomic E-state index is 13.4. The predicted molar refractivity (Wildman–Crippen MR) is 75.4 cm³/mol. The number of hydrogen-bond donors (Lipinski definition) is 1. The number of carbonyl (C=O) groups excluding carboxylic acids is 1. The summed E-state index contributed by atoms with van der Waals surface area (Å²) in [6, 6.07) is 10.0. The molecule has 0 aliphatic carbocycles. The second kappa shape index (κ2) is 6.35. The van der Waals surface area contributed by atoms with E-state index in [4.69, 9.17) is 10.5 Å². The Morgan fingerprint density at radius 2 is 2.00 bits per heavy atom. The Balaban J connectivity index is 2.01. The minimum atomic E-state index is -0.737. The Kier molecular flexibility index (Phi) is 4.52. The molecule has 2 aromatic rings. The van der Waals surface area contributed by atoms with Gasteiger partial charge in [0.05, 0.1) is 5.92 Å². The van der Waals surface area contributed by atoms with Crippen molar-refractivity contribution in [3.63, 3.8) is 0 Å². The quantitative estimate of drug-likeness (QED) is 0.694. The van der Waals surface area contributed by atoms with Gasteiger partial charge in [0.1, 0.15) is 18.2 Å². The zero-order valence-corrected chi connectivity index (χ0v) is 11.5. The number of ether oxygens (including phenoxy) is 1. The molecule has 2 aromatic carbocycles. The van der Waals surface area contributed by atoms with E-state index in [1.54, 1.807) is 31.2 Å². The first-order valence-electron chi connectivity index (χ1n) is 6.43. The summed E-state index contributed by atoms with van der Waals surface area (Å²) in [5.74, 6) is -2.42. The number of esters is 1. The van der Waals surface area contributed by atoms with Crippen LogP contribution in [0.5, 0.6) is 0 Å². The molecule has 0 heterocycles. The lowest BCUT2D eigenvalue weighted by Gasteiger charge is -2.12. The van der Waals surface area contributed by atoms with Crippen molar-refractivity contribution in [2.24, 2.45) is 0 Å². The van der Waals surface area contributed by atoms with Crippen LogP contribution in [-0.4, -0.2) is 5.97 Å². The molecular weight excluding hydrogens is 276 g/mol. The Morgan fingerprint density at radius 1 is 1.24 bits per heavy atom. The SMILES string of the molecule is CC(C(=O)OCc1ccc(F)cc1F)c1cccc(N)c1. The number of nitrogen functional groups attached to an aromatic ring is 1. The van der Waals surface area contributed by atoms with Gasteiger partial charge in [0, 0.05) is 17.3 Å². The van der Waals surface area contributed by atoms with Gasteiger partial charge in [-0.05, 0) is 36.8 Å². The third kappa shape index (κ3) is 3.78. The van der Waals surface area contributed by atoms with Crippen molar-refractivity contribution in [1.82, 2.24) is 0 Å². The summed E-state index contributed by atoms with van der Waals surface area (Å²) < 4.78 is 31.3. The van der Waals surface area contributed by atoms with Gasteiger partial charge in [0.2, 0.25) is 0 Å². The van der Waals surface area contributed by atoms with Gasteiger partial charge >= 0.3 is 5.97 Å². The second-order valence-corrected chi connectivity index (χ2v) is 4.74. The minimum Gasteiger partial charge on any atom is -0.460 e. The molecule has 2 N–H and O–H groups in total. The van der Waals surface area contributed by atoms with E-state index in [1.807, 2.05) is 0 Å². The van der Waals surface area contributed by atoms with Crippen molar-refractivity contribution < 1.29 is 18.3 Å². The van der Waals surface area contributed by atoms with Crippen molar-refractivity contribution in [3.8, 4) is 0 Å². The summed E-state index contributed by atoms with van der Waals surface area (Å²) >= 11 is 0. The standard InChI is InChI=1S/C16H15F2NO2/c1-10(11-3-2-4-14(19)7-11)16(20)21-9-12-5-6-13(17)8-15(12)18/h2-8,10H,9,19H2,1H3. The first-order chi connectivity index (χ1) is 9.97. The average molecular weight is 291 g/mol. The van der Waals surface area contributed by atoms with Crippen LogP contribution in [0.1, 0.15) is 24.0 Å². The molecule has 0 bridgehead atoms. The topological polar surface area (TPSA) is 52.3 Å². The van der Waals surface area contributed by atoms with E-state index in [2.05, 4.69) is 0 Å². The maximum Gasteiger partial charge on any atom is 0.313 e. The Morgan fingerprint density at radius 3 is 2.67 bits per heavy atom. The van der Waals surface area contributed by atoms with Crippen molar-refractivity contribution in [3.05, 3.63) is 65.2 Å². The van der Waals surface area contributed by atoms with Crippen LogP contribution in [0, 0.1) is 11.6 Å². The summed E-state index contributed by atoms with van der Waals surface area (Å²) in [4.78, 5) is 11.9. The molecule has 5 heteroatoms. The normalized spacial score (nSPS) is 12.0. The van der Waals surface area contributed by atoms with Crippen LogP contribution in [0.3, 0.4) is 0 Å². The van der Waals surface area contributed by atoms with E-state index in [0.29, 0.717) is 5.69 Å². The van der Waals surface area contributed by atoms with E-state index >= 15 is 0 Å². The van der Waals surface area contributed by atoms with Crippen molar-refractivity contribution >= 4 is 11.7 Å². The molecule has 0 aliphatic rings. The molecule has 0 spiro atoms. The van der Waals surface area contributed by atoms with Gasteiger partial charge in [-0.15, -0.1) is 0 Å². The number of nitrogens with two attached hydrogens (primary N) is 1. The first-order valence-corrected chi connectivity index (χ1v) is 6.43. The molecule has 0 aliphatic heterocycles. The van der Waals surface area contributed by atoms with Crippen LogP contribution in [-0.2, 0) is 16.1 Å². The van der Waals surface area contributed by atoms with Crippen LogP contribution in [0.2, 0.25) is 0 Å². The van der Waals surface area contributed by atoms with E-state index in [-0.39, 0.29) is 12.2 Å². The van der Waals surface area contributed by atoms with Crippen molar-refractivity contribution in [1.29, 1.82) is 0 Å². The average Bonchev–Trinajstić information content (AvgIpc) is 2.45. The first kappa shape index (κ1) is 15.0. The Bertz CT molecular complexity index is 658. The van der Waals surface area contributed by atoms with E-state index in [9.17, 15) is 13.6 Å². The molecule has 0 saturated carbocycles. The molecule has 2 rings (SSSR count). The molecule has 3 nitrogen and oxygen atoms in total. The Labute approximate surface area is 121 Å². The third-order valence-corrected chi connectivity index (χ3v) is 3.15. The van der Waals surface area contributed by atoms with Crippen LogP contribution < -0.4 is 5.73 Å². The van der Waals surface area contributed by atoms with Crippen LogP contribution in [0.4, 0.5) is 14.5 Å². The molecule has 1 unspecified atom stereocenters. The van der Waals surface area contributed by atoms with Gasteiger partial charge in [-0.1, -0.05) is 12.1 Å². The smallest absolute Gasteiger partial charge is 0.313 e. The van der Waals surface area contributed by atoms with E-state index in [0.717, 1.165) is 17.7 Å². The number of hydrogen-bond acceptors (Lipinski definition) is 3. The monoisotopic (exact) mass is 291 g/mol. The number of anilines is 1. The highest BCUT2D eigenvalue weighted by Gasteiger charge is 2.17. The van der Waals surface area contributed by atoms with Crippen LogP contribution in [0.15, 0.2) is 42.5 Å². The fourth-order valence-corrected chi connectivity index (χ4v) is 1.88. The maximum atomic E-state index is 13.4. The van der Waals surface area contributed by atoms with Gasteiger partial charge in [-0.3, -0.25) is 4.79 Å². The van der Waals surface area contributed by atoms with Gasteiger partial charge in [0.15, 0.2) is 0 Å². The molecule has 0 amide bonds. The zero-order chi connectivity index (χ0) is 15.4. The minimum absolute atomic E-state index is 0.129. The van der Waals surface area contributed by atoms with Crippen molar-refractivity contribution in [2.75, 3.05) is 5.73 Å². The molecule has 0 saturated heterocycles. The molecular formula is C16H15F2NO2. The van der Waals surface area contributed by atoms with Gasteiger partial charge in [-0.25, -0.2) is 8.78 Å². The molecule has 0 radical (unpaired) electrons. The molecule has 110 valence electrons. The van der Waals surface area contributed by atoms with Crippen molar-refractivity contribution in [2.45, 2.75) is 19.4 Å². The molecule has 0 fully saturated rings. The predicted octanol–water partition coefficient (Wildman–Crippen LogP) is 3.39. The third-order valence-electron chi connectivity index (χ3n) is 3.15. The highest BCUT2D eigenvalue weighted by Crippen LogP contribution is 2.20. The van der Waals surface area contributed by atoms with Gasteiger partial charge in [-0.2, -0.15) is 0 Å². The van der Waals surface area contributed by atoms with E-state index < -0.39 is 23.5 Å². The molecule has 21 heavy (non-hydrogen) atoms. The van der Waals surface area contributed by atoms with Gasteiger partial charge < -0.3 is 10.5 Å². The fourth-order valence-electron chi connectivity index (χ4n) is 1.88. The lowest BCUT2D eigenvalue weighted by Crippen LogP contribution is -2.13. The highest BCUT2D eigenvalue weighted by molar-refractivity contribution is 5.78. The lowest BCUT2D eigenvalue weighted by atomic mass is 10.0. The fraction of sp³-hybridized carbons (Fsp3) is 0.188. The number of rotatable bonds is 4. The van der Waals surface area contributed by atoms with Crippen LogP contribution >= 0.6 is 0 Å². The molecule has 0 aromatic heterocycles. The summed E-state index contributed by atoms with van der Waals surface area (Å²) in [5, 5.41) is 0. The number of carbonyl (C=O) groups is 1. The summed E-state index contributed by atoms with van der Waals surface area (Å²) in [6.45, 7) is 1.44. The Hall–Kier alpha value is -2.43. The highest BCUT2D eigenvalue weighted by atomic mass is 19.1. The second-order valence-electron chi connectivity index (χ2n) is 4.74. The zero-order valence-electron chi connectivity index (χ0n) is 11.5. The van der Waals surface area contributed by atoms with Crippen LogP contribution in [0.25, 0.3) is 0 Å². The molecule has 1 atom stereocenters. The number of halogens is 2. The van der Waals surface area contributed by atoms with Gasteiger partial charge in [0.25, 0.3) is 0 Å². The number of benzene rings is 2. The largest absolute Gasteiger partial charge is 0.460 e. The summed E-state index contributed by atoms with van der Waals surface area (Å²) in [6.07, 6.45) is 0. The van der Waals surface area contributed by atoms with E-state index in [1.165, 1.54) is 6.07 Å².